The summed E-state index contributed by atoms with van der Waals surface area (Å²) in [5.74, 6) is 0. The van der Waals surface area contributed by atoms with Gasteiger partial charge in [-0.2, -0.15) is 0 Å². The lowest BCUT2D eigenvalue weighted by molar-refractivity contribution is 0.771. The number of hydrogen-bond acceptors (Lipinski definition) is 1. The fourth-order valence-corrected chi connectivity index (χ4v) is 2.58. The molecule has 3 aromatic rings. The molecule has 0 atom stereocenters. The van der Waals surface area contributed by atoms with E-state index in [9.17, 15) is 0 Å². The molecular weight excluding hydrogens is 242 g/mol. The number of aromatic nitrogens is 1. The lowest BCUT2D eigenvalue weighted by Crippen LogP contribution is -2.25. The second-order valence-corrected chi connectivity index (χ2v) is 4.87. The van der Waals surface area contributed by atoms with Crippen molar-refractivity contribution in [2.75, 3.05) is 0 Å². The van der Waals surface area contributed by atoms with Crippen molar-refractivity contribution in [3.05, 3.63) is 109 Å². The Labute approximate surface area is 119 Å². The Morgan fingerprint density at radius 3 is 1.45 bits per heavy atom. The van der Waals surface area contributed by atoms with Crippen LogP contribution in [-0.4, -0.2) is 4.98 Å². The molecule has 1 heteroatoms. The Morgan fingerprint density at radius 2 is 1.00 bits per heavy atom. The van der Waals surface area contributed by atoms with Crippen LogP contribution < -0.4 is 0 Å². The Bertz CT molecular complexity index is 563. The zero-order chi connectivity index (χ0) is 13.8. The molecule has 3 rings (SSSR count). The van der Waals surface area contributed by atoms with Crippen molar-refractivity contribution in [3.8, 4) is 0 Å². The molecule has 97 valence electrons. The molecule has 1 heterocycles. The van der Waals surface area contributed by atoms with Crippen molar-refractivity contribution in [3.63, 3.8) is 0 Å². The third-order valence-electron chi connectivity index (χ3n) is 3.71. The molecule has 0 saturated carbocycles. The molecular formula is C19H16N. The number of nitrogens with zero attached hydrogens (tertiary/aromatic N) is 1. The highest BCUT2D eigenvalue weighted by Crippen LogP contribution is 2.37. The van der Waals surface area contributed by atoms with E-state index in [0.717, 1.165) is 5.56 Å². The summed E-state index contributed by atoms with van der Waals surface area (Å²) < 4.78 is 0. The molecule has 0 unspecified atom stereocenters. The van der Waals surface area contributed by atoms with Crippen molar-refractivity contribution in [1.29, 1.82) is 0 Å². The van der Waals surface area contributed by atoms with Crippen LogP contribution in [0.3, 0.4) is 0 Å². The van der Waals surface area contributed by atoms with E-state index in [2.05, 4.69) is 60.4 Å². The second-order valence-electron chi connectivity index (χ2n) is 4.87. The van der Waals surface area contributed by atoms with Crippen LogP contribution in [0.15, 0.2) is 85.2 Å². The van der Waals surface area contributed by atoms with Crippen LogP contribution in [0.1, 0.15) is 16.7 Å². The van der Waals surface area contributed by atoms with Gasteiger partial charge in [-0.25, -0.2) is 0 Å². The van der Waals surface area contributed by atoms with Crippen LogP contribution in [0, 0.1) is 6.92 Å². The van der Waals surface area contributed by atoms with E-state index in [1.807, 2.05) is 36.7 Å². The molecule has 0 saturated heterocycles. The average Bonchev–Trinajstić information content (AvgIpc) is 2.56. The Hall–Kier alpha value is -2.41. The predicted molar refractivity (Wildman–Crippen MR) is 82.4 cm³/mol. The molecule has 1 nitrogen and oxygen atoms in total. The van der Waals surface area contributed by atoms with E-state index in [1.165, 1.54) is 11.1 Å². The molecule has 0 bridgehead atoms. The van der Waals surface area contributed by atoms with Gasteiger partial charge < -0.3 is 0 Å². The molecule has 0 spiro atoms. The summed E-state index contributed by atoms with van der Waals surface area (Å²) >= 11 is 0. The molecule has 0 aliphatic carbocycles. The minimum atomic E-state index is -0.411. The fraction of sp³-hybridized carbons (Fsp3) is 0.0526. The number of hydrogen-bond donors (Lipinski definition) is 0. The Kier molecular flexibility index (Phi) is 3.34. The highest BCUT2D eigenvalue weighted by atomic mass is 14.6. The van der Waals surface area contributed by atoms with Crippen LogP contribution in [0.2, 0.25) is 0 Å². The van der Waals surface area contributed by atoms with Crippen LogP contribution >= 0.6 is 0 Å². The minimum absolute atomic E-state index is 0.411. The van der Waals surface area contributed by atoms with Gasteiger partial charge in [-0.15, -0.1) is 0 Å². The van der Waals surface area contributed by atoms with Gasteiger partial charge in [0.25, 0.3) is 0 Å². The third-order valence-corrected chi connectivity index (χ3v) is 3.71. The highest BCUT2D eigenvalue weighted by Gasteiger charge is 2.30. The van der Waals surface area contributed by atoms with Gasteiger partial charge in [0.2, 0.25) is 0 Å². The first-order chi connectivity index (χ1) is 9.82. The molecule has 1 radical (unpaired) electrons. The molecule has 1 aromatic heterocycles. The molecule has 0 aliphatic heterocycles. The van der Waals surface area contributed by atoms with Crippen LogP contribution in [0.5, 0.6) is 0 Å². The van der Waals surface area contributed by atoms with Crippen LogP contribution in [0.25, 0.3) is 0 Å². The Morgan fingerprint density at radius 1 is 0.600 bits per heavy atom. The topological polar surface area (TPSA) is 12.9 Å². The van der Waals surface area contributed by atoms with Gasteiger partial charge in [-0.05, 0) is 35.7 Å². The van der Waals surface area contributed by atoms with Gasteiger partial charge in [-0.3, -0.25) is 4.98 Å². The lowest BCUT2D eigenvalue weighted by atomic mass is 9.71. The largest absolute Gasteiger partial charge is 0.265 e. The maximum Gasteiger partial charge on any atom is 0.0453 e. The van der Waals surface area contributed by atoms with E-state index in [-0.39, 0.29) is 0 Å². The summed E-state index contributed by atoms with van der Waals surface area (Å²) in [4.78, 5) is 4.12. The standard InChI is InChI=1S/C19H16N/c1-19(16-8-4-2-5-9-16,17-10-6-3-7-11-17)18-12-14-20-15-13-18/h2-15H,1H2. The summed E-state index contributed by atoms with van der Waals surface area (Å²) in [5, 5.41) is 0. The first-order valence-corrected chi connectivity index (χ1v) is 6.69. The van der Waals surface area contributed by atoms with Gasteiger partial charge in [0.15, 0.2) is 0 Å². The quantitative estimate of drug-likeness (QED) is 0.684. The van der Waals surface area contributed by atoms with Gasteiger partial charge in [-0.1, -0.05) is 60.7 Å². The van der Waals surface area contributed by atoms with Crippen molar-refractivity contribution in [2.45, 2.75) is 5.41 Å². The smallest absolute Gasteiger partial charge is 0.0453 e. The third kappa shape index (κ3) is 2.12. The molecule has 2 aromatic carbocycles. The van der Waals surface area contributed by atoms with Crippen molar-refractivity contribution >= 4 is 0 Å². The monoisotopic (exact) mass is 258 g/mol. The van der Waals surface area contributed by atoms with Crippen molar-refractivity contribution in [2.24, 2.45) is 0 Å². The number of benzene rings is 2. The minimum Gasteiger partial charge on any atom is -0.265 e. The zero-order valence-corrected chi connectivity index (χ0v) is 11.2. The first kappa shape index (κ1) is 12.6. The normalized spacial score (nSPS) is 11.2. The van der Waals surface area contributed by atoms with E-state index in [0.29, 0.717) is 0 Å². The summed E-state index contributed by atoms with van der Waals surface area (Å²) in [5.41, 5.74) is 3.09. The molecule has 0 N–H and O–H groups in total. The molecule has 20 heavy (non-hydrogen) atoms. The molecule has 0 amide bonds. The van der Waals surface area contributed by atoms with Gasteiger partial charge in [0.1, 0.15) is 0 Å². The lowest BCUT2D eigenvalue weighted by Gasteiger charge is -2.31. The maximum absolute atomic E-state index is 4.55. The van der Waals surface area contributed by atoms with Crippen molar-refractivity contribution in [1.82, 2.24) is 4.98 Å². The summed E-state index contributed by atoms with van der Waals surface area (Å²) in [7, 11) is 0. The van der Waals surface area contributed by atoms with E-state index >= 15 is 0 Å². The van der Waals surface area contributed by atoms with Gasteiger partial charge >= 0.3 is 0 Å². The van der Waals surface area contributed by atoms with E-state index in [1.54, 1.807) is 0 Å². The highest BCUT2D eigenvalue weighted by molar-refractivity contribution is 5.51. The second kappa shape index (κ2) is 5.30. The van der Waals surface area contributed by atoms with Gasteiger partial charge in [0.05, 0.1) is 0 Å². The zero-order valence-electron chi connectivity index (χ0n) is 11.2. The Balaban J connectivity index is 2.24. The number of rotatable bonds is 3. The average molecular weight is 258 g/mol. The maximum atomic E-state index is 4.55. The predicted octanol–water partition coefficient (Wildman–Crippen LogP) is 4.25. The van der Waals surface area contributed by atoms with Crippen LogP contribution in [0.4, 0.5) is 0 Å². The van der Waals surface area contributed by atoms with Crippen molar-refractivity contribution < 1.29 is 0 Å². The molecule has 0 aliphatic rings. The summed E-state index contributed by atoms with van der Waals surface area (Å²) in [6.45, 7) is 4.55. The van der Waals surface area contributed by atoms with Crippen LogP contribution in [-0.2, 0) is 5.41 Å². The van der Waals surface area contributed by atoms with E-state index < -0.39 is 5.41 Å². The first-order valence-electron chi connectivity index (χ1n) is 6.69. The van der Waals surface area contributed by atoms with Gasteiger partial charge in [0, 0.05) is 17.8 Å². The summed E-state index contributed by atoms with van der Waals surface area (Å²) in [6.07, 6.45) is 3.64. The summed E-state index contributed by atoms with van der Waals surface area (Å²) in [6, 6.07) is 24.8. The fourth-order valence-electron chi connectivity index (χ4n) is 2.58. The SMILES string of the molecule is [CH2]C(c1ccccc1)(c1ccccc1)c1ccncc1. The molecule has 0 fully saturated rings. The number of pyridine rings is 1. The van der Waals surface area contributed by atoms with E-state index in [4.69, 9.17) is 0 Å².